The summed E-state index contributed by atoms with van der Waals surface area (Å²) in [5, 5.41) is 0. The van der Waals surface area contributed by atoms with Gasteiger partial charge in [0.25, 0.3) is 0 Å². The lowest BCUT2D eigenvalue weighted by Crippen LogP contribution is -2.31. The molecule has 1 aliphatic rings. The quantitative estimate of drug-likeness (QED) is 0.115. The van der Waals surface area contributed by atoms with Crippen LogP contribution in [0.2, 0.25) is 0 Å². The van der Waals surface area contributed by atoms with E-state index in [4.69, 9.17) is 0 Å². The normalized spacial score (nSPS) is 13.0. The van der Waals surface area contributed by atoms with E-state index in [9.17, 15) is 0 Å². The van der Waals surface area contributed by atoms with E-state index in [2.05, 4.69) is 274 Å². The monoisotopic (exact) mass is 822 g/mol. The zero-order valence-corrected chi connectivity index (χ0v) is 35.4. The van der Waals surface area contributed by atoms with Crippen molar-refractivity contribution in [2.45, 2.75) is 12.5 Å². The van der Waals surface area contributed by atoms with Crippen LogP contribution in [-0.2, 0) is 0 Å². The van der Waals surface area contributed by atoms with Gasteiger partial charge in [0.1, 0.15) is 0 Å². The number of hydrogen-bond donors (Lipinski definition) is 0. The summed E-state index contributed by atoms with van der Waals surface area (Å²) in [6, 6.07) is 91.8. The van der Waals surface area contributed by atoms with Gasteiger partial charge < -0.3 is 19.6 Å². The van der Waals surface area contributed by atoms with E-state index in [-0.39, 0.29) is 6.04 Å². The van der Waals surface area contributed by atoms with Crippen LogP contribution in [-0.4, -0.2) is 6.04 Å². The van der Waals surface area contributed by atoms with Crippen LogP contribution in [0, 0.1) is 12.1 Å². The molecule has 0 fully saturated rings. The summed E-state index contributed by atoms with van der Waals surface area (Å²) in [5.41, 5.74) is 14.5. The maximum atomic E-state index is 3.14. The Hall–Kier alpha value is -8.52. The molecule has 0 aliphatic heterocycles. The van der Waals surface area contributed by atoms with Crippen molar-refractivity contribution in [3.63, 3.8) is 0 Å². The molecular weight excluding hydrogens is 777 g/mol. The Kier molecular flexibility index (Phi) is 11.5. The minimum absolute atomic E-state index is 0.0656. The van der Waals surface area contributed by atoms with Crippen LogP contribution in [0.25, 0.3) is 11.1 Å². The average molecular weight is 823 g/mol. The third kappa shape index (κ3) is 8.52. The lowest BCUT2D eigenvalue weighted by atomic mass is 10.0. The first-order valence-corrected chi connectivity index (χ1v) is 21.8. The molecule has 0 spiro atoms. The first-order valence-electron chi connectivity index (χ1n) is 21.8. The predicted octanol–water partition coefficient (Wildman–Crippen LogP) is 16.1. The molecule has 1 unspecified atom stereocenters. The van der Waals surface area contributed by atoms with Crippen LogP contribution >= 0.6 is 0 Å². The van der Waals surface area contributed by atoms with Gasteiger partial charge in [-0.05, 0) is 145 Å². The third-order valence-electron chi connectivity index (χ3n) is 11.6. The van der Waals surface area contributed by atoms with E-state index < -0.39 is 0 Å². The Morgan fingerprint density at radius 1 is 0.328 bits per heavy atom. The van der Waals surface area contributed by atoms with Crippen molar-refractivity contribution in [1.82, 2.24) is 0 Å². The van der Waals surface area contributed by atoms with E-state index in [1.54, 1.807) is 0 Å². The van der Waals surface area contributed by atoms with Gasteiger partial charge in [-0.2, -0.15) is 0 Å². The standard InChI is InChI=1S/C60H46N4/c1-7-19-47(20-8-1)48-31-33-54(34-32-48)64(59-43-37-56(38-44-59)62(51-25-13-4-14-26-51)52-27-15-5-16-28-52)60-45-41-58(42-46-60)63(53-29-17-6-18-30-53)57-39-35-55(36-40-57)61(49-21-9-2-10-22-49)50-23-11-3-12-24-50/h1-2,4-11,13-45,60H,46H2. The molecule has 0 aromatic heterocycles. The molecule has 1 atom stereocenters. The average Bonchev–Trinajstić information content (AvgIpc) is 3.38. The molecule has 0 bridgehead atoms. The summed E-state index contributed by atoms with van der Waals surface area (Å²) in [6.45, 7) is 0. The van der Waals surface area contributed by atoms with Crippen molar-refractivity contribution in [2.24, 2.45) is 0 Å². The molecule has 4 heteroatoms. The van der Waals surface area contributed by atoms with Gasteiger partial charge >= 0.3 is 0 Å². The number of nitrogens with zero attached hydrogens (tertiary/aromatic N) is 4. The summed E-state index contributed by atoms with van der Waals surface area (Å²) in [4.78, 5) is 9.38. The Bertz CT molecular complexity index is 2840. The summed E-state index contributed by atoms with van der Waals surface area (Å²) in [5.74, 6) is 0. The minimum atomic E-state index is 0.0656. The molecule has 9 aromatic rings. The van der Waals surface area contributed by atoms with Crippen LogP contribution in [0.3, 0.4) is 0 Å². The number of benzene rings is 8. The largest absolute Gasteiger partial charge is 0.334 e. The Balaban J connectivity index is 0.985. The highest BCUT2D eigenvalue weighted by Gasteiger charge is 2.24. The second-order valence-electron chi connectivity index (χ2n) is 15.6. The second kappa shape index (κ2) is 18.6. The Labute approximate surface area is 377 Å². The van der Waals surface area contributed by atoms with Crippen molar-refractivity contribution in [1.29, 1.82) is 0 Å². The van der Waals surface area contributed by atoms with Crippen molar-refractivity contribution in [2.75, 3.05) is 19.6 Å². The summed E-state index contributed by atoms with van der Waals surface area (Å²) >= 11 is 0. The van der Waals surface area contributed by atoms with E-state index in [1.807, 2.05) is 18.2 Å². The Morgan fingerprint density at radius 2 is 0.703 bits per heavy atom. The van der Waals surface area contributed by atoms with Gasteiger partial charge in [-0.15, -0.1) is 0 Å². The van der Waals surface area contributed by atoms with Crippen LogP contribution in [0.15, 0.2) is 267 Å². The van der Waals surface area contributed by atoms with Crippen LogP contribution in [0.4, 0.5) is 56.9 Å². The van der Waals surface area contributed by atoms with Gasteiger partial charge in [-0.1, -0.05) is 140 Å². The van der Waals surface area contributed by atoms with E-state index in [1.165, 1.54) is 11.1 Å². The van der Waals surface area contributed by atoms with Crippen molar-refractivity contribution in [3.8, 4) is 11.1 Å². The molecule has 306 valence electrons. The van der Waals surface area contributed by atoms with Gasteiger partial charge in [-0.25, -0.2) is 0 Å². The van der Waals surface area contributed by atoms with E-state index >= 15 is 0 Å². The first kappa shape index (κ1) is 39.6. The number of hydrogen-bond acceptors (Lipinski definition) is 4. The number of allylic oxidation sites excluding steroid dienone is 1. The van der Waals surface area contributed by atoms with E-state index in [0.29, 0.717) is 0 Å². The lowest BCUT2D eigenvalue weighted by molar-refractivity contribution is 0.777. The number of anilines is 10. The number of rotatable bonds is 13. The van der Waals surface area contributed by atoms with Crippen LogP contribution in [0.1, 0.15) is 6.42 Å². The second-order valence-corrected chi connectivity index (χ2v) is 15.6. The highest BCUT2D eigenvalue weighted by atomic mass is 15.2. The fourth-order valence-electron chi connectivity index (χ4n) is 8.57. The molecule has 0 heterocycles. The molecule has 1 aliphatic carbocycles. The summed E-state index contributed by atoms with van der Waals surface area (Å²) < 4.78 is 0. The zero-order valence-electron chi connectivity index (χ0n) is 35.4. The van der Waals surface area contributed by atoms with Gasteiger partial charge in [0.15, 0.2) is 0 Å². The number of para-hydroxylation sites is 4. The molecule has 0 N–H and O–H groups in total. The maximum absolute atomic E-state index is 3.14. The molecule has 0 saturated carbocycles. The minimum Gasteiger partial charge on any atom is -0.334 e. The van der Waals surface area contributed by atoms with Crippen LogP contribution < -0.4 is 19.6 Å². The maximum Gasteiger partial charge on any atom is 0.0561 e. The molecular formula is C60H46N4. The fourth-order valence-corrected chi connectivity index (χ4v) is 8.57. The third-order valence-corrected chi connectivity index (χ3v) is 11.6. The smallest absolute Gasteiger partial charge is 0.0561 e. The highest BCUT2D eigenvalue weighted by Crippen LogP contribution is 2.41. The molecule has 4 nitrogen and oxygen atoms in total. The van der Waals surface area contributed by atoms with Gasteiger partial charge in [0.2, 0.25) is 0 Å². The van der Waals surface area contributed by atoms with Gasteiger partial charge in [0.05, 0.1) is 11.7 Å². The van der Waals surface area contributed by atoms with Crippen molar-refractivity contribution >= 4 is 56.9 Å². The fraction of sp³-hybridized carbons (Fsp3) is 0.0333. The topological polar surface area (TPSA) is 13.0 Å². The van der Waals surface area contributed by atoms with E-state index in [0.717, 1.165) is 69.0 Å². The highest BCUT2D eigenvalue weighted by molar-refractivity contribution is 5.81. The van der Waals surface area contributed by atoms with Crippen LogP contribution in [0.5, 0.6) is 0 Å². The molecule has 0 saturated heterocycles. The molecule has 0 amide bonds. The summed E-state index contributed by atoms with van der Waals surface area (Å²) in [7, 11) is 0. The molecule has 0 radical (unpaired) electrons. The zero-order chi connectivity index (χ0) is 42.9. The predicted molar refractivity (Wildman–Crippen MR) is 268 cm³/mol. The van der Waals surface area contributed by atoms with Crippen molar-refractivity contribution in [3.05, 3.63) is 279 Å². The van der Waals surface area contributed by atoms with Gasteiger partial charge in [-0.3, -0.25) is 0 Å². The van der Waals surface area contributed by atoms with Gasteiger partial charge in [0, 0.05) is 62.9 Å². The summed E-state index contributed by atoms with van der Waals surface area (Å²) in [6.07, 6.45) is 7.83. The Morgan fingerprint density at radius 3 is 1.14 bits per heavy atom. The lowest BCUT2D eigenvalue weighted by Gasteiger charge is -2.35. The molecule has 64 heavy (non-hydrogen) atoms. The SMILES string of the molecule is c1ccc(N(c2ccccc2)c2ccc(N(C3=CCC(N(c4ccc(-c5ccccc5)cc4)c4ccc(N(c5ccccc5)c5ccccc5)cc4)C=C3)c3ccccc3)cc2)cc#1. The van der Waals surface area contributed by atoms with Crippen molar-refractivity contribution < 1.29 is 0 Å². The molecule has 10 rings (SSSR count). The molecule has 9 aromatic carbocycles. The first-order chi connectivity index (χ1) is 31.8.